The van der Waals surface area contributed by atoms with Crippen molar-refractivity contribution in [3.63, 3.8) is 0 Å². The summed E-state index contributed by atoms with van der Waals surface area (Å²) >= 11 is 3.45. The van der Waals surface area contributed by atoms with Gasteiger partial charge in [-0.05, 0) is 30.2 Å². The molecule has 0 aliphatic rings. The van der Waals surface area contributed by atoms with Crippen molar-refractivity contribution in [3.05, 3.63) is 63.9 Å². The van der Waals surface area contributed by atoms with Crippen molar-refractivity contribution in [1.82, 2.24) is 10.3 Å². The Morgan fingerprint density at radius 3 is 2.79 bits per heavy atom. The summed E-state index contributed by atoms with van der Waals surface area (Å²) in [6.45, 7) is 3.21. The van der Waals surface area contributed by atoms with Crippen molar-refractivity contribution in [2.24, 2.45) is 0 Å². The van der Waals surface area contributed by atoms with Crippen LogP contribution in [0.2, 0.25) is 0 Å². The van der Waals surface area contributed by atoms with Crippen molar-refractivity contribution in [2.75, 3.05) is 6.54 Å². The normalized spacial score (nSPS) is 12.4. The summed E-state index contributed by atoms with van der Waals surface area (Å²) in [5.41, 5.74) is 3.07. The van der Waals surface area contributed by atoms with Gasteiger partial charge in [-0.1, -0.05) is 40.2 Å². The first-order valence-corrected chi connectivity index (χ1v) is 7.01. The SMILES string of the molecule is Cc1ncccc1CNCC(O)c1ccccc1Br. The zero-order valence-corrected chi connectivity index (χ0v) is 12.4. The molecule has 19 heavy (non-hydrogen) atoms. The molecule has 0 saturated carbocycles. The van der Waals surface area contributed by atoms with E-state index in [-0.39, 0.29) is 0 Å². The van der Waals surface area contributed by atoms with Gasteiger partial charge in [0.25, 0.3) is 0 Å². The zero-order valence-electron chi connectivity index (χ0n) is 10.8. The van der Waals surface area contributed by atoms with Crippen molar-refractivity contribution in [2.45, 2.75) is 19.6 Å². The highest BCUT2D eigenvalue weighted by Gasteiger charge is 2.10. The third-order valence-electron chi connectivity index (χ3n) is 3.03. The number of nitrogens with one attached hydrogen (secondary N) is 1. The molecule has 0 bridgehead atoms. The molecular formula is C15H17BrN2O. The van der Waals surface area contributed by atoms with Crippen molar-refractivity contribution < 1.29 is 5.11 Å². The molecule has 3 nitrogen and oxygen atoms in total. The van der Waals surface area contributed by atoms with Gasteiger partial charge in [-0.25, -0.2) is 0 Å². The van der Waals surface area contributed by atoms with E-state index in [2.05, 4.69) is 26.2 Å². The van der Waals surface area contributed by atoms with E-state index < -0.39 is 6.10 Å². The fourth-order valence-corrected chi connectivity index (χ4v) is 2.45. The van der Waals surface area contributed by atoms with Crippen LogP contribution >= 0.6 is 15.9 Å². The van der Waals surface area contributed by atoms with Gasteiger partial charge in [0.15, 0.2) is 0 Å². The molecule has 0 spiro atoms. The van der Waals surface area contributed by atoms with Crippen LogP contribution in [0.5, 0.6) is 0 Å². The lowest BCUT2D eigenvalue weighted by molar-refractivity contribution is 0.173. The van der Waals surface area contributed by atoms with Gasteiger partial charge in [0, 0.05) is 29.5 Å². The van der Waals surface area contributed by atoms with Crippen molar-refractivity contribution in [3.8, 4) is 0 Å². The van der Waals surface area contributed by atoms with E-state index in [1.165, 1.54) is 0 Å². The van der Waals surface area contributed by atoms with E-state index >= 15 is 0 Å². The van der Waals surface area contributed by atoms with Crippen molar-refractivity contribution >= 4 is 15.9 Å². The Labute approximate surface area is 121 Å². The predicted octanol–water partition coefficient (Wildman–Crippen LogP) is 2.98. The first-order chi connectivity index (χ1) is 9.18. The van der Waals surface area contributed by atoms with Gasteiger partial charge in [0.1, 0.15) is 0 Å². The molecule has 0 fully saturated rings. The number of hydrogen-bond acceptors (Lipinski definition) is 3. The maximum Gasteiger partial charge on any atom is 0.0925 e. The van der Waals surface area contributed by atoms with E-state index in [9.17, 15) is 5.11 Å². The largest absolute Gasteiger partial charge is 0.387 e. The Morgan fingerprint density at radius 1 is 1.26 bits per heavy atom. The summed E-state index contributed by atoms with van der Waals surface area (Å²) in [4.78, 5) is 4.24. The molecule has 0 aliphatic carbocycles. The summed E-state index contributed by atoms with van der Waals surface area (Å²) in [6, 6.07) is 11.7. The number of aliphatic hydroxyl groups is 1. The van der Waals surface area contributed by atoms with E-state index in [1.807, 2.05) is 43.3 Å². The minimum Gasteiger partial charge on any atom is -0.387 e. The Kier molecular flexibility index (Phi) is 5.07. The third kappa shape index (κ3) is 3.86. The number of aryl methyl sites for hydroxylation is 1. The van der Waals surface area contributed by atoms with Gasteiger partial charge in [-0.2, -0.15) is 0 Å². The summed E-state index contributed by atoms with van der Waals surface area (Å²) in [7, 11) is 0. The molecule has 1 aromatic heterocycles. The Bertz CT molecular complexity index is 545. The van der Waals surface area contributed by atoms with Crippen LogP contribution in [-0.2, 0) is 6.54 Å². The molecule has 4 heteroatoms. The zero-order chi connectivity index (χ0) is 13.7. The lowest BCUT2D eigenvalue weighted by atomic mass is 10.1. The highest BCUT2D eigenvalue weighted by Crippen LogP contribution is 2.22. The summed E-state index contributed by atoms with van der Waals surface area (Å²) in [5, 5.41) is 13.4. The van der Waals surface area contributed by atoms with Crippen LogP contribution in [0.4, 0.5) is 0 Å². The quantitative estimate of drug-likeness (QED) is 0.890. The smallest absolute Gasteiger partial charge is 0.0925 e. The second kappa shape index (κ2) is 6.80. The monoisotopic (exact) mass is 320 g/mol. The van der Waals surface area contributed by atoms with Crippen molar-refractivity contribution in [1.29, 1.82) is 0 Å². The maximum atomic E-state index is 10.1. The summed E-state index contributed by atoms with van der Waals surface area (Å²) in [5.74, 6) is 0. The number of pyridine rings is 1. The molecule has 1 unspecified atom stereocenters. The second-order valence-corrected chi connectivity index (χ2v) is 5.27. The summed E-state index contributed by atoms with van der Waals surface area (Å²) < 4.78 is 0.932. The van der Waals surface area contributed by atoms with Gasteiger partial charge in [-0.3, -0.25) is 4.98 Å². The van der Waals surface area contributed by atoms with Crippen LogP contribution in [-0.4, -0.2) is 16.6 Å². The number of hydrogen-bond donors (Lipinski definition) is 2. The van der Waals surface area contributed by atoms with Crippen LogP contribution in [0.15, 0.2) is 47.1 Å². The van der Waals surface area contributed by atoms with Gasteiger partial charge in [0.05, 0.1) is 6.10 Å². The van der Waals surface area contributed by atoms with E-state index in [1.54, 1.807) is 6.20 Å². The standard InChI is InChI=1S/C15H17BrN2O/c1-11-12(5-4-8-18-11)9-17-10-15(19)13-6-2-3-7-14(13)16/h2-8,15,17,19H,9-10H2,1H3. The summed E-state index contributed by atoms with van der Waals surface area (Å²) in [6.07, 6.45) is 1.27. The second-order valence-electron chi connectivity index (χ2n) is 4.42. The lowest BCUT2D eigenvalue weighted by Gasteiger charge is -2.14. The Hall–Kier alpha value is -1.23. The van der Waals surface area contributed by atoms with Gasteiger partial charge >= 0.3 is 0 Å². The van der Waals surface area contributed by atoms with Gasteiger partial charge in [-0.15, -0.1) is 0 Å². The lowest BCUT2D eigenvalue weighted by Crippen LogP contribution is -2.21. The highest BCUT2D eigenvalue weighted by atomic mass is 79.9. The molecule has 0 amide bonds. The maximum absolute atomic E-state index is 10.1. The third-order valence-corrected chi connectivity index (χ3v) is 3.76. The van der Waals surface area contributed by atoms with Crippen LogP contribution in [0.3, 0.4) is 0 Å². The average Bonchev–Trinajstić information content (AvgIpc) is 2.41. The number of nitrogens with zero attached hydrogens (tertiary/aromatic N) is 1. The van der Waals surface area contributed by atoms with Crippen LogP contribution < -0.4 is 5.32 Å². The highest BCUT2D eigenvalue weighted by molar-refractivity contribution is 9.10. The van der Waals surface area contributed by atoms with Crippen LogP contribution in [0, 0.1) is 6.92 Å². The molecule has 2 N–H and O–H groups in total. The van der Waals surface area contributed by atoms with Gasteiger partial charge < -0.3 is 10.4 Å². The van der Waals surface area contributed by atoms with E-state index in [4.69, 9.17) is 0 Å². The number of aromatic nitrogens is 1. The first-order valence-electron chi connectivity index (χ1n) is 6.22. The fourth-order valence-electron chi connectivity index (χ4n) is 1.90. The minimum absolute atomic E-state index is 0.511. The van der Waals surface area contributed by atoms with Crippen LogP contribution in [0.25, 0.3) is 0 Å². The van der Waals surface area contributed by atoms with E-state index in [0.717, 1.165) is 21.3 Å². The Balaban J connectivity index is 1.90. The molecule has 0 saturated heterocycles. The Morgan fingerprint density at radius 2 is 2.05 bits per heavy atom. The molecule has 0 aliphatic heterocycles. The molecule has 1 aromatic carbocycles. The average molecular weight is 321 g/mol. The molecular weight excluding hydrogens is 304 g/mol. The molecule has 2 aromatic rings. The van der Waals surface area contributed by atoms with Gasteiger partial charge in [0.2, 0.25) is 0 Å². The van der Waals surface area contributed by atoms with Crippen LogP contribution in [0.1, 0.15) is 22.9 Å². The number of rotatable bonds is 5. The molecule has 2 rings (SSSR count). The molecule has 1 atom stereocenters. The minimum atomic E-state index is -0.521. The number of benzene rings is 1. The first kappa shape index (κ1) is 14.2. The predicted molar refractivity (Wildman–Crippen MR) is 79.8 cm³/mol. The molecule has 1 heterocycles. The van der Waals surface area contributed by atoms with E-state index in [0.29, 0.717) is 13.1 Å². The number of halogens is 1. The fraction of sp³-hybridized carbons (Fsp3) is 0.267. The molecule has 0 radical (unpaired) electrons. The topological polar surface area (TPSA) is 45.2 Å². The molecule has 100 valence electrons. The number of aliphatic hydroxyl groups excluding tert-OH is 1.